The number of rotatable bonds is 2. The second-order valence-corrected chi connectivity index (χ2v) is 4.06. The van der Waals surface area contributed by atoms with Gasteiger partial charge in [0.1, 0.15) is 5.69 Å². The molecule has 1 saturated heterocycles. The molecule has 1 aromatic heterocycles. The lowest BCUT2D eigenvalue weighted by Crippen LogP contribution is -2.34. The molecule has 0 amide bonds. The first-order valence-electron chi connectivity index (χ1n) is 5.37. The molecule has 0 saturated carbocycles. The van der Waals surface area contributed by atoms with Gasteiger partial charge in [-0.2, -0.15) is 18.3 Å². The molecule has 1 aliphatic heterocycles. The fourth-order valence-electron chi connectivity index (χ4n) is 2.09. The molecule has 1 N–H and O–H groups in total. The van der Waals surface area contributed by atoms with Gasteiger partial charge in [-0.05, 0) is 18.9 Å². The minimum absolute atomic E-state index is 0.224. The van der Waals surface area contributed by atoms with E-state index in [1.165, 1.54) is 12.5 Å². The second kappa shape index (κ2) is 4.38. The van der Waals surface area contributed by atoms with E-state index in [0.29, 0.717) is 25.9 Å². The average Bonchev–Trinajstić information content (AvgIpc) is 2.78. The molecule has 0 aromatic carbocycles. The third kappa shape index (κ3) is 2.42. The highest BCUT2D eigenvalue weighted by Crippen LogP contribution is 2.32. The fourth-order valence-corrected chi connectivity index (χ4v) is 2.09. The van der Waals surface area contributed by atoms with E-state index >= 15 is 0 Å². The van der Waals surface area contributed by atoms with Gasteiger partial charge in [0.2, 0.25) is 0 Å². The van der Waals surface area contributed by atoms with E-state index < -0.39 is 11.9 Å². The van der Waals surface area contributed by atoms with Gasteiger partial charge >= 0.3 is 6.18 Å². The number of hydrogen-bond donors (Lipinski definition) is 1. The molecule has 2 rings (SSSR count). The average molecular weight is 246 g/mol. The molecule has 2 heterocycles. The van der Waals surface area contributed by atoms with Crippen molar-refractivity contribution in [3.8, 4) is 0 Å². The third-order valence-corrected chi connectivity index (χ3v) is 2.99. The maximum Gasteiger partial charge on any atom is 0.433 e. The van der Waals surface area contributed by atoms with Crippen LogP contribution in [0.2, 0.25) is 0 Å². The predicted molar refractivity (Wildman–Crippen MR) is 55.9 cm³/mol. The maximum atomic E-state index is 12.7. The number of aromatic nitrogens is 2. The van der Waals surface area contributed by atoms with Crippen LogP contribution in [-0.2, 0) is 6.18 Å². The molecular weight excluding hydrogens is 233 g/mol. The van der Waals surface area contributed by atoms with Gasteiger partial charge in [0, 0.05) is 19.3 Å². The van der Waals surface area contributed by atoms with Crippen molar-refractivity contribution in [2.24, 2.45) is 0 Å². The number of hydrogen-bond acceptors (Lipinski definition) is 2. The van der Waals surface area contributed by atoms with Gasteiger partial charge in [-0.3, -0.25) is 10.1 Å². The summed E-state index contributed by atoms with van der Waals surface area (Å²) in [6, 6.07) is 0.779. The minimum atomic E-state index is -4.35. The Morgan fingerprint density at radius 1 is 1.35 bits per heavy atom. The van der Waals surface area contributed by atoms with Crippen LogP contribution in [0, 0.1) is 5.41 Å². The van der Waals surface area contributed by atoms with Crippen LogP contribution >= 0.6 is 0 Å². The molecule has 1 aliphatic rings. The summed E-state index contributed by atoms with van der Waals surface area (Å²) in [4.78, 5) is 1.78. The molecule has 1 fully saturated rings. The largest absolute Gasteiger partial charge is 0.433 e. The zero-order valence-electron chi connectivity index (χ0n) is 9.11. The highest BCUT2D eigenvalue weighted by Gasteiger charge is 2.36. The van der Waals surface area contributed by atoms with Gasteiger partial charge < -0.3 is 4.90 Å². The molecular formula is C10H13F3N4. The highest BCUT2D eigenvalue weighted by atomic mass is 19.4. The highest BCUT2D eigenvalue weighted by molar-refractivity contribution is 5.50. The molecule has 1 aromatic rings. The van der Waals surface area contributed by atoms with Crippen molar-refractivity contribution in [3.63, 3.8) is 0 Å². The molecule has 0 radical (unpaired) electrons. The van der Waals surface area contributed by atoms with Crippen LogP contribution in [-0.4, -0.2) is 34.1 Å². The molecule has 0 spiro atoms. The number of halogens is 3. The van der Waals surface area contributed by atoms with Crippen LogP contribution in [0.15, 0.2) is 12.3 Å². The van der Waals surface area contributed by atoms with Crippen molar-refractivity contribution in [1.82, 2.24) is 14.7 Å². The smallest absolute Gasteiger partial charge is 0.363 e. The van der Waals surface area contributed by atoms with Crippen molar-refractivity contribution in [3.05, 3.63) is 18.0 Å². The third-order valence-electron chi connectivity index (χ3n) is 2.99. The second-order valence-electron chi connectivity index (χ2n) is 4.06. The van der Waals surface area contributed by atoms with Crippen LogP contribution in [0.1, 0.15) is 24.6 Å². The number of alkyl halides is 3. The summed E-state index contributed by atoms with van der Waals surface area (Å²) in [5.41, 5.74) is -0.689. The molecule has 94 valence electrons. The number of nitrogens with one attached hydrogen (secondary N) is 1. The Kier molecular flexibility index (Phi) is 3.08. The standard InChI is InChI=1S/C10H13F3N4/c11-10(12,13)9-1-4-15-17(9)8-2-5-16(7-14)6-3-8/h1,4,7-8,14H,2-3,5-6H2. The lowest BCUT2D eigenvalue weighted by atomic mass is 10.1. The molecule has 0 bridgehead atoms. The van der Waals surface area contributed by atoms with Crippen LogP contribution in [0.5, 0.6) is 0 Å². The van der Waals surface area contributed by atoms with E-state index in [1.807, 2.05) is 0 Å². The van der Waals surface area contributed by atoms with Crippen molar-refractivity contribution in [2.45, 2.75) is 25.1 Å². The molecule has 0 aliphatic carbocycles. The van der Waals surface area contributed by atoms with Crippen LogP contribution in [0.25, 0.3) is 0 Å². The summed E-state index contributed by atoms with van der Waals surface area (Å²) < 4.78 is 39.1. The molecule has 17 heavy (non-hydrogen) atoms. The summed E-state index contributed by atoms with van der Waals surface area (Å²) in [6.45, 7) is 1.21. The van der Waals surface area contributed by atoms with Crippen LogP contribution < -0.4 is 0 Å². The van der Waals surface area contributed by atoms with Crippen molar-refractivity contribution in [2.75, 3.05) is 13.1 Å². The summed E-state index contributed by atoms with van der Waals surface area (Å²) in [7, 11) is 0. The molecule has 4 nitrogen and oxygen atoms in total. The summed E-state index contributed by atoms with van der Waals surface area (Å²) in [5, 5.41) is 10.9. The first kappa shape index (κ1) is 11.9. The van der Waals surface area contributed by atoms with Crippen molar-refractivity contribution >= 4 is 6.34 Å². The fraction of sp³-hybridized carbons (Fsp3) is 0.600. The molecule has 0 unspecified atom stereocenters. The predicted octanol–water partition coefficient (Wildman–Crippen LogP) is 2.15. The van der Waals surface area contributed by atoms with E-state index in [-0.39, 0.29) is 6.04 Å². The van der Waals surface area contributed by atoms with Gasteiger partial charge in [0.25, 0.3) is 0 Å². The SMILES string of the molecule is N=CN1CCC(n2nccc2C(F)(F)F)CC1. The zero-order valence-corrected chi connectivity index (χ0v) is 9.11. The number of likely N-dealkylation sites (tertiary alicyclic amines) is 1. The first-order chi connectivity index (χ1) is 8.02. The monoisotopic (exact) mass is 246 g/mol. The van der Waals surface area contributed by atoms with Crippen LogP contribution in [0.4, 0.5) is 13.2 Å². The van der Waals surface area contributed by atoms with E-state index in [0.717, 1.165) is 10.7 Å². The van der Waals surface area contributed by atoms with E-state index in [9.17, 15) is 13.2 Å². The van der Waals surface area contributed by atoms with Crippen molar-refractivity contribution < 1.29 is 13.2 Å². The normalized spacial score (nSPS) is 18.4. The van der Waals surface area contributed by atoms with E-state index in [4.69, 9.17) is 5.41 Å². The Bertz CT molecular complexity index is 391. The minimum Gasteiger partial charge on any atom is -0.363 e. The topological polar surface area (TPSA) is 44.9 Å². The van der Waals surface area contributed by atoms with Gasteiger partial charge in [-0.1, -0.05) is 0 Å². The van der Waals surface area contributed by atoms with Crippen LogP contribution in [0.3, 0.4) is 0 Å². The Morgan fingerprint density at radius 2 is 2.00 bits per heavy atom. The van der Waals surface area contributed by atoms with Gasteiger partial charge in [0.05, 0.1) is 12.4 Å². The lowest BCUT2D eigenvalue weighted by molar-refractivity contribution is -0.145. The number of nitrogens with zero attached hydrogens (tertiary/aromatic N) is 3. The number of piperidine rings is 1. The molecule has 0 atom stereocenters. The summed E-state index contributed by atoms with van der Waals surface area (Å²) in [5.74, 6) is 0. The Morgan fingerprint density at radius 3 is 2.53 bits per heavy atom. The van der Waals surface area contributed by atoms with Gasteiger partial charge in [-0.15, -0.1) is 0 Å². The van der Waals surface area contributed by atoms with E-state index in [2.05, 4.69) is 5.10 Å². The van der Waals surface area contributed by atoms with Gasteiger partial charge in [0.15, 0.2) is 0 Å². The quantitative estimate of drug-likeness (QED) is 0.642. The van der Waals surface area contributed by atoms with E-state index in [1.54, 1.807) is 4.90 Å². The summed E-state index contributed by atoms with van der Waals surface area (Å²) >= 11 is 0. The van der Waals surface area contributed by atoms with Crippen molar-refractivity contribution in [1.29, 1.82) is 5.41 Å². The first-order valence-corrected chi connectivity index (χ1v) is 5.37. The Hall–Kier alpha value is -1.53. The molecule has 7 heteroatoms. The zero-order chi connectivity index (χ0) is 12.5. The maximum absolute atomic E-state index is 12.7. The Labute approximate surface area is 96.5 Å². The Balaban J connectivity index is 2.14. The van der Waals surface area contributed by atoms with Gasteiger partial charge in [-0.25, -0.2) is 0 Å². The lowest BCUT2D eigenvalue weighted by Gasteiger charge is -2.31. The summed E-state index contributed by atoms with van der Waals surface area (Å²) in [6.07, 6.45) is -0.773.